The molecule has 0 unspecified atom stereocenters. The molecule has 0 aliphatic rings. The smallest absolute Gasteiger partial charge is 0.139 e. The lowest BCUT2D eigenvalue weighted by Gasteiger charge is -2.17. The average Bonchev–Trinajstić information content (AvgIpc) is 2.42. The van der Waals surface area contributed by atoms with Gasteiger partial charge in [-0.2, -0.15) is 0 Å². The van der Waals surface area contributed by atoms with Crippen molar-refractivity contribution in [2.24, 2.45) is 0 Å². The Morgan fingerprint density at radius 3 is 2.45 bits per heavy atom. The van der Waals surface area contributed by atoms with Gasteiger partial charge in [0.1, 0.15) is 18.0 Å². The van der Waals surface area contributed by atoms with E-state index in [4.69, 9.17) is 0 Å². The summed E-state index contributed by atoms with van der Waals surface area (Å²) in [5.74, 6) is 2.05. The Bertz CT molecular complexity index is 611. The van der Waals surface area contributed by atoms with Crippen LogP contribution in [0, 0.1) is 6.92 Å². The number of anilines is 3. The number of aryl methyl sites for hydroxylation is 1. The van der Waals surface area contributed by atoms with Gasteiger partial charge in [0, 0.05) is 22.8 Å². The van der Waals surface area contributed by atoms with Crippen LogP contribution in [0.4, 0.5) is 17.3 Å². The highest BCUT2D eigenvalue weighted by molar-refractivity contribution is 9.10. The van der Waals surface area contributed by atoms with Crippen molar-refractivity contribution in [1.29, 1.82) is 0 Å². The van der Waals surface area contributed by atoms with E-state index >= 15 is 0 Å². The zero-order chi connectivity index (χ0) is 14.7. The number of rotatable bonds is 4. The molecule has 0 radical (unpaired) electrons. The molecule has 106 valence electrons. The number of aromatic nitrogens is 2. The van der Waals surface area contributed by atoms with Gasteiger partial charge in [-0.15, -0.1) is 0 Å². The Hall–Kier alpha value is -1.62. The highest BCUT2D eigenvalue weighted by Crippen LogP contribution is 2.30. The van der Waals surface area contributed by atoms with Gasteiger partial charge in [0.05, 0.1) is 0 Å². The van der Waals surface area contributed by atoms with Gasteiger partial charge in [-0.25, -0.2) is 9.97 Å². The average molecular weight is 335 g/mol. The van der Waals surface area contributed by atoms with Crippen LogP contribution in [0.3, 0.4) is 0 Å². The maximum absolute atomic E-state index is 4.38. The third-order valence-corrected chi connectivity index (χ3v) is 4.01. The lowest BCUT2D eigenvalue weighted by atomic mass is 10.0. The molecule has 20 heavy (non-hydrogen) atoms. The fraction of sp³-hybridized carbons (Fsp3) is 0.333. The molecule has 0 bridgehead atoms. The van der Waals surface area contributed by atoms with Crippen molar-refractivity contribution in [1.82, 2.24) is 9.97 Å². The normalized spacial score (nSPS) is 10.7. The molecular formula is C15H19BrN4. The molecule has 0 saturated heterocycles. The third-order valence-electron chi connectivity index (χ3n) is 3.12. The molecule has 2 aromatic rings. The maximum Gasteiger partial charge on any atom is 0.139 e. The Kier molecular flexibility index (Phi) is 4.60. The first-order valence-corrected chi connectivity index (χ1v) is 7.38. The zero-order valence-electron chi connectivity index (χ0n) is 12.2. The second kappa shape index (κ2) is 6.22. The largest absolute Gasteiger partial charge is 0.373 e. The molecule has 0 spiro atoms. The van der Waals surface area contributed by atoms with E-state index in [2.05, 4.69) is 63.4 Å². The number of halogens is 1. The van der Waals surface area contributed by atoms with E-state index in [0.717, 1.165) is 27.4 Å². The van der Waals surface area contributed by atoms with Crippen LogP contribution >= 0.6 is 15.9 Å². The molecule has 1 aromatic heterocycles. The summed E-state index contributed by atoms with van der Waals surface area (Å²) in [6.45, 7) is 6.34. The molecule has 1 heterocycles. The van der Waals surface area contributed by atoms with Gasteiger partial charge in [-0.3, -0.25) is 0 Å². The van der Waals surface area contributed by atoms with Gasteiger partial charge < -0.3 is 10.6 Å². The summed E-state index contributed by atoms with van der Waals surface area (Å²) in [5, 5.41) is 6.51. The molecule has 0 saturated carbocycles. The highest BCUT2D eigenvalue weighted by Gasteiger charge is 2.14. The van der Waals surface area contributed by atoms with Gasteiger partial charge in [-0.1, -0.05) is 29.8 Å². The van der Waals surface area contributed by atoms with Crippen LogP contribution in [-0.4, -0.2) is 17.0 Å². The van der Waals surface area contributed by atoms with E-state index in [-0.39, 0.29) is 0 Å². The lowest BCUT2D eigenvalue weighted by molar-refractivity contribution is 0.852. The highest BCUT2D eigenvalue weighted by atomic mass is 79.9. The molecular weight excluding hydrogens is 316 g/mol. The molecule has 4 nitrogen and oxygen atoms in total. The van der Waals surface area contributed by atoms with Crippen LogP contribution in [0.25, 0.3) is 0 Å². The van der Waals surface area contributed by atoms with Crippen LogP contribution < -0.4 is 10.6 Å². The van der Waals surface area contributed by atoms with Crippen LogP contribution in [-0.2, 0) is 0 Å². The quantitative estimate of drug-likeness (QED) is 0.866. The molecule has 0 aliphatic heterocycles. The minimum atomic E-state index is 0.331. The molecule has 2 N–H and O–H groups in total. The first kappa shape index (κ1) is 14.8. The second-order valence-corrected chi connectivity index (χ2v) is 5.83. The zero-order valence-corrected chi connectivity index (χ0v) is 13.7. The number of hydrogen-bond acceptors (Lipinski definition) is 4. The summed E-state index contributed by atoms with van der Waals surface area (Å²) >= 11 is 3.51. The number of hydrogen-bond donors (Lipinski definition) is 2. The van der Waals surface area contributed by atoms with E-state index in [9.17, 15) is 0 Å². The number of nitrogens with one attached hydrogen (secondary N) is 2. The third kappa shape index (κ3) is 3.10. The summed E-state index contributed by atoms with van der Waals surface area (Å²) in [4.78, 5) is 8.66. The van der Waals surface area contributed by atoms with Gasteiger partial charge in [-0.05, 0) is 36.6 Å². The summed E-state index contributed by atoms with van der Waals surface area (Å²) in [7, 11) is 1.88. The van der Waals surface area contributed by atoms with Gasteiger partial charge in [0.15, 0.2) is 0 Å². The van der Waals surface area contributed by atoms with Crippen molar-refractivity contribution in [2.75, 3.05) is 17.7 Å². The van der Waals surface area contributed by atoms with Crippen molar-refractivity contribution in [2.45, 2.75) is 26.7 Å². The Morgan fingerprint density at radius 1 is 1.15 bits per heavy atom. The molecule has 2 rings (SSSR count). The van der Waals surface area contributed by atoms with E-state index in [1.54, 1.807) is 6.33 Å². The Balaban J connectivity index is 2.40. The monoisotopic (exact) mass is 334 g/mol. The summed E-state index contributed by atoms with van der Waals surface area (Å²) < 4.78 is 1.10. The van der Waals surface area contributed by atoms with Crippen molar-refractivity contribution in [3.63, 3.8) is 0 Å². The van der Waals surface area contributed by atoms with Crippen molar-refractivity contribution >= 4 is 33.3 Å². The molecule has 0 atom stereocenters. The Labute approximate surface area is 128 Å². The summed E-state index contributed by atoms with van der Waals surface area (Å²) in [5.41, 5.74) is 3.30. The number of nitrogens with zero attached hydrogens (tertiary/aromatic N) is 2. The van der Waals surface area contributed by atoms with Gasteiger partial charge in [0.2, 0.25) is 0 Å². The fourth-order valence-electron chi connectivity index (χ4n) is 2.10. The van der Waals surface area contributed by atoms with E-state index in [1.165, 1.54) is 5.56 Å². The second-order valence-electron chi connectivity index (χ2n) is 4.98. The first-order chi connectivity index (χ1) is 9.52. The van der Waals surface area contributed by atoms with Crippen molar-refractivity contribution in [3.05, 3.63) is 40.1 Å². The van der Waals surface area contributed by atoms with Crippen LogP contribution in [0.1, 0.15) is 30.9 Å². The lowest BCUT2D eigenvalue weighted by Crippen LogP contribution is -2.07. The van der Waals surface area contributed by atoms with Crippen molar-refractivity contribution < 1.29 is 0 Å². The molecule has 5 heteroatoms. The first-order valence-electron chi connectivity index (χ1n) is 6.58. The molecule has 0 aliphatic carbocycles. The van der Waals surface area contributed by atoms with Gasteiger partial charge in [0.25, 0.3) is 0 Å². The number of benzene rings is 1. The molecule has 1 aromatic carbocycles. The Morgan fingerprint density at radius 2 is 1.85 bits per heavy atom. The predicted molar refractivity (Wildman–Crippen MR) is 87.8 cm³/mol. The minimum Gasteiger partial charge on any atom is -0.373 e. The van der Waals surface area contributed by atoms with E-state index in [1.807, 2.05) is 19.2 Å². The van der Waals surface area contributed by atoms with E-state index < -0.39 is 0 Å². The van der Waals surface area contributed by atoms with Crippen LogP contribution in [0.15, 0.2) is 29.0 Å². The van der Waals surface area contributed by atoms with E-state index in [0.29, 0.717) is 5.92 Å². The standard InChI is InChI=1S/C15H19BrN4/c1-9(2)13-14(17-4)18-8-19-15(13)20-11-5-6-12(16)10(3)7-11/h5-9H,1-4H3,(H2,17,18,19,20). The molecule has 0 fully saturated rings. The molecule has 0 amide bonds. The topological polar surface area (TPSA) is 49.8 Å². The van der Waals surface area contributed by atoms with Crippen LogP contribution in [0.5, 0.6) is 0 Å². The summed E-state index contributed by atoms with van der Waals surface area (Å²) in [6.07, 6.45) is 1.58. The SMILES string of the molecule is CNc1ncnc(Nc2ccc(Br)c(C)c2)c1C(C)C. The summed E-state index contributed by atoms with van der Waals surface area (Å²) in [6, 6.07) is 6.16. The predicted octanol–water partition coefficient (Wildman–Crippen LogP) is 4.46. The fourth-order valence-corrected chi connectivity index (χ4v) is 2.35. The van der Waals surface area contributed by atoms with Crippen molar-refractivity contribution in [3.8, 4) is 0 Å². The maximum atomic E-state index is 4.38. The minimum absolute atomic E-state index is 0.331. The van der Waals surface area contributed by atoms with Crippen LogP contribution in [0.2, 0.25) is 0 Å². The van der Waals surface area contributed by atoms with Gasteiger partial charge >= 0.3 is 0 Å².